The second-order valence-electron chi connectivity index (χ2n) is 8.09. The number of aromatic nitrogens is 2. The van der Waals surface area contributed by atoms with E-state index in [1.807, 2.05) is 0 Å². The summed E-state index contributed by atoms with van der Waals surface area (Å²) < 4.78 is 0.893. The molecular formula is C26H16Cl2N4O5. The summed E-state index contributed by atoms with van der Waals surface area (Å²) in [5.74, 6) is -1.48. The van der Waals surface area contributed by atoms with E-state index in [1.54, 1.807) is 54.6 Å². The lowest BCUT2D eigenvalue weighted by Crippen LogP contribution is -2.31. The molecule has 1 aliphatic rings. The standard InChI is InChI=1S/C26H16Cl2N4O5/c27-15-4-3-5-17(11-15)32-25(36)20(22(33)30-26(32)37)12-29-16-8-9-21(28)14(10-16)13-31-23(34)18-6-1-2-7-19(18)24(31)35/h1-12,36H,13H2,(H,30,33,37). The van der Waals surface area contributed by atoms with E-state index >= 15 is 0 Å². The summed E-state index contributed by atoms with van der Waals surface area (Å²) in [6, 6.07) is 17.4. The average molecular weight is 535 g/mol. The maximum atomic E-state index is 12.7. The lowest BCUT2D eigenvalue weighted by Gasteiger charge is -2.15. The molecule has 0 saturated carbocycles. The van der Waals surface area contributed by atoms with E-state index in [-0.39, 0.29) is 17.8 Å². The molecule has 37 heavy (non-hydrogen) atoms. The molecular weight excluding hydrogens is 519 g/mol. The molecule has 184 valence electrons. The Kier molecular flexibility index (Phi) is 6.24. The molecule has 0 bridgehead atoms. The van der Waals surface area contributed by atoms with Crippen molar-refractivity contribution >= 4 is 46.9 Å². The Hall–Kier alpha value is -4.47. The summed E-state index contributed by atoms with van der Waals surface area (Å²) in [6.45, 7) is -0.0833. The van der Waals surface area contributed by atoms with Crippen LogP contribution < -0.4 is 11.2 Å². The van der Waals surface area contributed by atoms with E-state index in [0.717, 1.165) is 15.7 Å². The number of carbonyl (C=O) groups is 2. The fourth-order valence-electron chi connectivity index (χ4n) is 3.96. The van der Waals surface area contributed by atoms with Crippen molar-refractivity contribution in [1.82, 2.24) is 14.5 Å². The van der Waals surface area contributed by atoms with E-state index in [9.17, 15) is 24.3 Å². The summed E-state index contributed by atoms with van der Waals surface area (Å²) in [7, 11) is 0. The maximum Gasteiger partial charge on any atom is 0.335 e. The number of amides is 2. The summed E-state index contributed by atoms with van der Waals surface area (Å²) in [6.07, 6.45) is 1.10. The lowest BCUT2D eigenvalue weighted by atomic mass is 10.1. The van der Waals surface area contributed by atoms with Crippen molar-refractivity contribution in [3.63, 3.8) is 0 Å². The number of hydrogen-bond donors (Lipinski definition) is 2. The highest BCUT2D eigenvalue weighted by molar-refractivity contribution is 6.31. The van der Waals surface area contributed by atoms with Crippen LogP contribution in [0.4, 0.5) is 5.69 Å². The Balaban J connectivity index is 1.47. The smallest absolute Gasteiger partial charge is 0.335 e. The molecule has 2 heterocycles. The zero-order valence-corrected chi connectivity index (χ0v) is 20.3. The number of H-pyrrole nitrogens is 1. The Morgan fingerprint density at radius 3 is 2.27 bits per heavy atom. The van der Waals surface area contributed by atoms with Gasteiger partial charge in [0.15, 0.2) is 0 Å². The molecule has 9 nitrogen and oxygen atoms in total. The third kappa shape index (κ3) is 4.46. The summed E-state index contributed by atoms with van der Waals surface area (Å²) >= 11 is 12.3. The third-order valence-electron chi connectivity index (χ3n) is 5.77. The monoisotopic (exact) mass is 534 g/mol. The average Bonchev–Trinajstić information content (AvgIpc) is 3.10. The second kappa shape index (κ2) is 9.53. The van der Waals surface area contributed by atoms with Crippen molar-refractivity contribution in [1.29, 1.82) is 0 Å². The minimum absolute atomic E-state index is 0.0833. The molecule has 0 saturated heterocycles. The van der Waals surface area contributed by atoms with Crippen LogP contribution >= 0.6 is 23.2 Å². The molecule has 0 fully saturated rings. The zero-order valence-electron chi connectivity index (χ0n) is 18.8. The Morgan fingerprint density at radius 1 is 0.892 bits per heavy atom. The molecule has 11 heteroatoms. The van der Waals surface area contributed by atoms with E-state index in [0.29, 0.717) is 32.4 Å². The van der Waals surface area contributed by atoms with Gasteiger partial charge in [-0.15, -0.1) is 0 Å². The van der Waals surface area contributed by atoms with E-state index in [1.165, 1.54) is 12.1 Å². The van der Waals surface area contributed by atoms with Crippen molar-refractivity contribution < 1.29 is 14.7 Å². The highest BCUT2D eigenvalue weighted by Gasteiger charge is 2.35. The summed E-state index contributed by atoms with van der Waals surface area (Å²) in [4.78, 5) is 57.7. The van der Waals surface area contributed by atoms with Crippen LogP contribution in [0.1, 0.15) is 31.8 Å². The quantitative estimate of drug-likeness (QED) is 0.294. The predicted octanol–water partition coefficient (Wildman–Crippen LogP) is 4.09. The van der Waals surface area contributed by atoms with Crippen molar-refractivity contribution in [2.45, 2.75) is 6.54 Å². The molecule has 0 radical (unpaired) electrons. The normalized spacial score (nSPS) is 13.0. The van der Waals surface area contributed by atoms with Gasteiger partial charge in [-0.1, -0.05) is 41.4 Å². The van der Waals surface area contributed by atoms with Gasteiger partial charge in [0.05, 0.1) is 29.0 Å². The zero-order chi connectivity index (χ0) is 26.3. The second-order valence-corrected chi connectivity index (χ2v) is 8.93. The number of benzene rings is 3. The van der Waals surface area contributed by atoms with E-state index < -0.39 is 28.9 Å². The molecule has 0 spiro atoms. The minimum Gasteiger partial charge on any atom is -0.493 e. The predicted molar refractivity (Wildman–Crippen MR) is 139 cm³/mol. The van der Waals surface area contributed by atoms with Gasteiger partial charge >= 0.3 is 5.69 Å². The molecule has 4 aromatic rings. The van der Waals surface area contributed by atoms with Crippen LogP contribution in [0.2, 0.25) is 10.0 Å². The third-order valence-corrected chi connectivity index (χ3v) is 6.37. The first-order valence-electron chi connectivity index (χ1n) is 10.9. The number of imide groups is 1. The first-order chi connectivity index (χ1) is 17.7. The number of aromatic amines is 1. The SMILES string of the molecule is O=C1c2ccccc2C(=O)N1Cc1cc(N=Cc2c(O)n(-c3cccc(Cl)c3)c(=O)[nH]c2=O)ccc1Cl. The van der Waals surface area contributed by atoms with Crippen LogP contribution in [0.3, 0.4) is 0 Å². The molecule has 2 N–H and O–H groups in total. The number of hydrogen-bond acceptors (Lipinski definition) is 6. The van der Waals surface area contributed by atoms with Crippen LogP contribution in [0.25, 0.3) is 5.69 Å². The fraction of sp³-hybridized carbons (Fsp3) is 0.0385. The molecule has 2 amide bonds. The van der Waals surface area contributed by atoms with Crippen LogP contribution in [-0.4, -0.2) is 37.6 Å². The topological polar surface area (TPSA) is 125 Å². The van der Waals surface area contributed by atoms with Crippen LogP contribution in [0, 0.1) is 0 Å². The van der Waals surface area contributed by atoms with Gasteiger partial charge in [-0.2, -0.15) is 0 Å². The number of fused-ring (bicyclic) bond motifs is 1. The van der Waals surface area contributed by atoms with Crippen molar-refractivity contribution in [3.8, 4) is 11.6 Å². The highest BCUT2D eigenvalue weighted by atomic mass is 35.5. The summed E-state index contributed by atoms with van der Waals surface area (Å²) in [5, 5.41) is 11.4. The van der Waals surface area contributed by atoms with Gasteiger partial charge in [0.2, 0.25) is 5.88 Å². The largest absolute Gasteiger partial charge is 0.493 e. The maximum absolute atomic E-state index is 12.7. The van der Waals surface area contributed by atoms with Crippen molar-refractivity contribution in [3.05, 3.63) is 120 Å². The van der Waals surface area contributed by atoms with Crippen molar-refractivity contribution in [2.24, 2.45) is 4.99 Å². The highest BCUT2D eigenvalue weighted by Crippen LogP contribution is 2.29. The Morgan fingerprint density at radius 2 is 1.59 bits per heavy atom. The first-order valence-corrected chi connectivity index (χ1v) is 11.6. The van der Waals surface area contributed by atoms with Crippen LogP contribution in [0.15, 0.2) is 81.3 Å². The fourth-order valence-corrected chi connectivity index (χ4v) is 4.33. The number of carbonyl (C=O) groups excluding carboxylic acids is 2. The Labute approximate surface area is 218 Å². The van der Waals surface area contributed by atoms with Gasteiger partial charge in [-0.3, -0.25) is 29.3 Å². The van der Waals surface area contributed by atoms with Crippen molar-refractivity contribution in [2.75, 3.05) is 0 Å². The summed E-state index contributed by atoms with van der Waals surface area (Å²) in [5.41, 5.74) is -0.291. The van der Waals surface area contributed by atoms with Gasteiger partial charge in [-0.25, -0.2) is 9.36 Å². The minimum atomic E-state index is -0.850. The number of rotatable bonds is 5. The molecule has 0 aliphatic carbocycles. The number of halogens is 2. The number of nitrogens with zero attached hydrogens (tertiary/aromatic N) is 3. The van der Waals surface area contributed by atoms with Crippen LogP contribution in [-0.2, 0) is 6.54 Å². The molecule has 3 aromatic carbocycles. The number of nitrogens with one attached hydrogen (secondary N) is 1. The molecule has 0 atom stereocenters. The van der Waals surface area contributed by atoms with Gasteiger partial charge in [0.1, 0.15) is 5.56 Å². The van der Waals surface area contributed by atoms with E-state index in [2.05, 4.69) is 9.98 Å². The Bertz CT molecular complexity index is 1710. The van der Waals surface area contributed by atoms with Gasteiger partial charge in [0, 0.05) is 16.3 Å². The van der Waals surface area contributed by atoms with Gasteiger partial charge in [0.25, 0.3) is 17.4 Å². The lowest BCUT2D eigenvalue weighted by molar-refractivity contribution is 0.0642. The molecule has 1 aliphatic heterocycles. The first kappa shape index (κ1) is 24.2. The number of aliphatic imine (C=N–C) groups is 1. The molecule has 1 aromatic heterocycles. The van der Waals surface area contributed by atoms with E-state index in [4.69, 9.17) is 23.2 Å². The molecule has 5 rings (SSSR count). The van der Waals surface area contributed by atoms with Crippen LogP contribution in [0.5, 0.6) is 5.88 Å². The molecule has 0 unspecified atom stereocenters. The number of aromatic hydroxyl groups is 1. The van der Waals surface area contributed by atoms with Gasteiger partial charge < -0.3 is 5.11 Å². The van der Waals surface area contributed by atoms with Gasteiger partial charge in [-0.05, 0) is 54.1 Å².